The molecule has 0 aliphatic heterocycles. The Morgan fingerprint density at radius 2 is 2.11 bits per heavy atom. The summed E-state index contributed by atoms with van der Waals surface area (Å²) < 4.78 is 5.65. The highest BCUT2D eigenvalue weighted by atomic mass is 35.5. The van der Waals surface area contributed by atoms with E-state index in [0.29, 0.717) is 35.4 Å². The van der Waals surface area contributed by atoms with Crippen molar-refractivity contribution in [2.75, 3.05) is 19.8 Å². The van der Waals surface area contributed by atoms with Gasteiger partial charge in [0.25, 0.3) is 0 Å². The lowest BCUT2D eigenvalue weighted by Crippen LogP contribution is -2.20. The van der Waals surface area contributed by atoms with E-state index in [9.17, 15) is 5.11 Å². The van der Waals surface area contributed by atoms with Crippen molar-refractivity contribution in [2.45, 2.75) is 19.8 Å². The number of hydrogen-bond acceptors (Lipinski definition) is 3. The molecule has 1 aromatic carbocycles. The van der Waals surface area contributed by atoms with Gasteiger partial charge < -0.3 is 15.6 Å². The lowest BCUT2D eigenvalue weighted by Gasteiger charge is -2.17. The molecular formula is C13H19Cl2NO2. The number of aliphatic hydroxyl groups is 1. The first kappa shape index (κ1) is 15.6. The number of halogens is 2. The topological polar surface area (TPSA) is 55.5 Å². The second-order valence-corrected chi connectivity index (χ2v) is 5.06. The maximum absolute atomic E-state index is 9.21. The molecule has 1 aromatic rings. The Balaban J connectivity index is 2.98. The SMILES string of the molecule is CCCOc1c(Cl)cc(Cl)cc1CC(CN)CO. The van der Waals surface area contributed by atoms with Gasteiger partial charge in [0.2, 0.25) is 0 Å². The molecule has 102 valence electrons. The zero-order valence-electron chi connectivity index (χ0n) is 10.5. The maximum atomic E-state index is 9.21. The number of rotatable bonds is 7. The minimum atomic E-state index is -0.0106. The van der Waals surface area contributed by atoms with E-state index in [0.717, 1.165) is 12.0 Å². The summed E-state index contributed by atoms with van der Waals surface area (Å²) in [5.41, 5.74) is 6.48. The van der Waals surface area contributed by atoms with Crippen molar-refractivity contribution in [1.82, 2.24) is 0 Å². The Bertz CT molecular complexity index is 381. The molecule has 1 rings (SSSR count). The van der Waals surface area contributed by atoms with Gasteiger partial charge in [0.1, 0.15) is 5.75 Å². The third kappa shape index (κ3) is 4.32. The van der Waals surface area contributed by atoms with Gasteiger partial charge >= 0.3 is 0 Å². The lowest BCUT2D eigenvalue weighted by atomic mass is 9.99. The minimum Gasteiger partial charge on any atom is -0.492 e. The van der Waals surface area contributed by atoms with Crippen LogP contribution in [0.2, 0.25) is 10.0 Å². The smallest absolute Gasteiger partial charge is 0.141 e. The molecule has 0 heterocycles. The van der Waals surface area contributed by atoms with E-state index in [-0.39, 0.29) is 12.5 Å². The van der Waals surface area contributed by atoms with Crippen LogP contribution in [0.5, 0.6) is 5.75 Å². The standard InChI is InChI=1S/C13H19Cl2NO2/c1-2-3-18-13-10(4-9(7-16)8-17)5-11(14)6-12(13)15/h5-6,9,17H,2-4,7-8,16H2,1H3. The fourth-order valence-corrected chi connectivity index (χ4v) is 2.25. The van der Waals surface area contributed by atoms with Crippen LogP contribution >= 0.6 is 23.2 Å². The molecule has 3 nitrogen and oxygen atoms in total. The second kappa shape index (κ2) is 7.85. The van der Waals surface area contributed by atoms with E-state index in [2.05, 4.69) is 0 Å². The Morgan fingerprint density at radius 3 is 2.67 bits per heavy atom. The molecule has 3 N–H and O–H groups in total. The van der Waals surface area contributed by atoms with Gasteiger partial charge in [-0.2, -0.15) is 0 Å². The highest BCUT2D eigenvalue weighted by Gasteiger charge is 2.15. The van der Waals surface area contributed by atoms with Crippen molar-refractivity contribution in [3.05, 3.63) is 27.7 Å². The molecule has 0 aliphatic carbocycles. The van der Waals surface area contributed by atoms with Crippen LogP contribution in [0.1, 0.15) is 18.9 Å². The van der Waals surface area contributed by atoms with Crippen LogP contribution in [0.3, 0.4) is 0 Å². The van der Waals surface area contributed by atoms with Crippen molar-refractivity contribution in [3.63, 3.8) is 0 Å². The molecule has 0 radical (unpaired) electrons. The Kier molecular flexibility index (Phi) is 6.79. The second-order valence-electron chi connectivity index (χ2n) is 4.21. The van der Waals surface area contributed by atoms with Gasteiger partial charge in [-0.3, -0.25) is 0 Å². The summed E-state index contributed by atoms with van der Waals surface area (Å²) in [6.45, 7) is 3.07. The normalized spacial score (nSPS) is 12.5. The number of hydrogen-bond donors (Lipinski definition) is 2. The first-order chi connectivity index (χ1) is 8.62. The summed E-state index contributed by atoms with van der Waals surface area (Å²) in [4.78, 5) is 0. The number of nitrogens with two attached hydrogens (primary N) is 1. The van der Waals surface area contributed by atoms with Crippen molar-refractivity contribution in [3.8, 4) is 5.75 Å². The number of aliphatic hydroxyl groups excluding tert-OH is 1. The van der Waals surface area contributed by atoms with Gasteiger partial charge in [0.15, 0.2) is 0 Å². The van der Waals surface area contributed by atoms with E-state index in [1.807, 2.05) is 13.0 Å². The molecule has 18 heavy (non-hydrogen) atoms. The predicted octanol–water partition coefficient (Wildman–Crippen LogP) is 2.89. The van der Waals surface area contributed by atoms with E-state index in [1.165, 1.54) is 0 Å². The zero-order valence-corrected chi connectivity index (χ0v) is 12.0. The average Bonchev–Trinajstić information content (AvgIpc) is 2.34. The average molecular weight is 292 g/mol. The maximum Gasteiger partial charge on any atom is 0.141 e. The summed E-state index contributed by atoms with van der Waals surface area (Å²) in [5.74, 6) is 0.637. The monoisotopic (exact) mass is 291 g/mol. The molecule has 1 atom stereocenters. The van der Waals surface area contributed by atoms with Crippen molar-refractivity contribution in [1.29, 1.82) is 0 Å². The van der Waals surface area contributed by atoms with Crippen LogP contribution in [-0.2, 0) is 6.42 Å². The van der Waals surface area contributed by atoms with Crippen molar-refractivity contribution in [2.24, 2.45) is 11.7 Å². The van der Waals surface area contributed by atoms with E-state index >= 15 is 0 Å². The first-order valence-corrected chi connectivity index (χ1v) is 6.79. The van der Waals surface area contributed by atoms with Crippen LogP contribution in [0.15, 0.2) is 12.1 Å². The third-order valence-electron chi connectivity index (χ3n) is 2.64. The Morgan fingerprint density at radius 1 is 1.39 bits per heavy atom. The summed E-state index contributed by atoms with van der Waals surface area (Å²) in [7, 11) is 0. The van der Waals surface area contributed by atoms with Crippen LogP contribution in [-0.4, -0.2) is 24.9 Å². The van der Waals surface area contributed by atoms with Crippen LogP contribution in [0.4, 0.5) is 0 Å². The van der Waals surface area contributed by atoms with Gasteiger partial charge in [-0.25, -0.2) is 0 Å². The molecule has 1 unspecified atom stereocenters. The van der Waals surface area contributed by atoms with Gasteiger partial charge in [-0.15, -0.1) is 0 Å². The minimum absolute atomic E-state index is 0.0106. The summed E-state index contributed by atoms with van der Waals surface area (Å²) in [5, 5.41) is 10.3. The van der Waals surface area contributed by atoms with E-state index < -0.39 is 0 Å². The lowest BCUT2D eigenvalue weighted by molar-refractivity contribution is 0.228. The molecule has 0 bridgehead atoms. The number of ether oxygens (including phenoxy) is 1. The molecule has 0 aromatic heterocycles. The molecule has 5 heteroatoms. The molecule has 0 fully saturated rings. The van der Waals surface area contributed by atoms with Crippen LogP contribution in [0.25, 0.3) is 0 Å². The number of benzene rings is 1. The van der Waals surface area contributed by atoms with E-state index in [4.69, 9.17) is 33.7 Å². The fourth-order valence-electron chi connectivity index (χ4n) is 1.66. The van der Waals surface area contributed by atoms with Gasteiger partial charge in [-0.05, 0) is 43.0 Å². The van der Waals surface area contributed by atoms with Crippen molar-refractivity contribution < 1.29 is 9.84 Å². The Hall–Kier alpha value is -0.480. The van der Waals surface area contributed by atoms with Crippen LogP contribution < -0.4 is 10.5 Å². The predicted molar refractivity (Wildman–Crippen MR) is 75.6 cm³/mol. The van der Waals surface area contributed by atoms with Crippen molar-refractivity contribution >= 4 is 23.2 Å². The fraction of sp³-hybridized carbons (Fsp3) is 0.538. The zero-order chi connectivity index (χ0) is 13.5. The highest BCUT2D eigenvalue weighted by Crippen LogP contribution is 2.34. The van der Waals surface area contributed by atoms with Gasteiger partial charge in [-0.1, -0.05) is 30.1 Å². The van der Waals surface area contributed by atoms with E-state index in [1.54, 1.807) is 6.07 Å². The third-order valence-corrected chi connectivity index (χ3v) is 3.13. The first-order valence-electron chi connectivity index (χ1n) is 6.04. The summed E-state index contributed by atoms with van der Waals surface area (Å²) in [6, 6.07) is 3.48. The highest BCUT2D eigenvalue weighted by molar-refractivity contribution is 6.35. The largest absolute Gasteiger partial charge is 0.492 e. The molecule has 0 saturated heterocycles. The molecule has 0 aliphatic rings. The molecule has 0 amide bonds. The summed E-state index contributed by atoms with van der Waals surface area (Å²) in [6.07, 6.45) is 1.51. The van der Waals surface area contributed by atoms with Crippen LogP contribution in [0, 0.1) is 5.92 Å². The molecule has 0 spiro atoms. The molecule has 0 saturated carbocycles. The quantitative estimate of drug-likeness (QED) is 0.812. The van der Waals surface area contributed by atoms with Gasteiger partial charge in [0.05, 0.1) is 11.6 Å². The summed E-state index contributed by atoms with van der Waals surface area (Å²) >= 11 is 12.1. The Labute approximate surface area is 118 Å². The molecular weight excluding hydrogens is 273 g/mol. The van der Waals surface area contributed by atoms with Gasteiger partial charge in [0, 0.05) is 11.6 Å².